The van der Waals surface area contributed by atoms with E-state index in [1.54, 1.807) is 0 Å². The topological polar surface area (TPSA) is 20.2 Å². The third-order valence-electron chi connectivity index (χ3n) is 6.86. The maximum Gasteiger partial charge on any atom is 0.0540 e. The number of rotatable bonds is 9. The molecule has 1 N–H and O–H groups in total. The molecule has 0 bridgehead atoms. The summed E-state index contributed by atoms with van der Waals surface area (Å²) in [6, 6.07) is 0. The van der Waals surface area contributed by atoms with E-state index in [2.05, 4.69) is 13.8 Å². The van der Waals surface area contributed by atoms with E-state index in [0.29, 0.717) is 0 Å². The van der Waals surface area contributed by atoms with E-state index in [1.807, 2.05) is 0 Å². The van der Waals surface area contributed by atoms with Crippen molar-refractivity contribution >= 4 is 0 Å². The fourth-order valence-electron chi connectivity index (χ4n) is 5.11. The van der Waals surface area contributed by atoms with Crippen LogP contribution in [0, 0.1) is 23.7 Å². The van der Waals surface area contributed by atoms with Gasteiger partial charge in [0.2, 0.25) is 0 Å². The van der Waals surface area contributed by atoms with Gasteiger partial charge < -0.3 is 5.11 Å². The lowest BCUT2D eigenvalue weighted by atomic mass is 9.75. The summed E-state index contributed by atoms with van der Waals surface area (Å²) in [5, 5.41) is 9.61. The molecule has 0 aliphatic heterocycles. The second kappa shape index (κ2) is 10.7. The molecule has 2 rings (SSSR count). The van der Waals surface area contributed by atoms with Gasteiger partial charge in [-0.3, -0.25) is 0 Å². The van der Waals surface area contributed by atoms with Crippen LogP contribution in [0.2, 0.25) is 0 Å². The smallest absolute Gasteiger partial charge is 0.0540 e. The summed E-state index contributed by atoms with van der Waals surface area (Å²) in [5.74, 6) is 3.95. The van der Waals surface area contributed by atoms with E-state index >= 15 is 0 Å². The Morgan fingerprint density at radius 2 is 1.22 bits per heavy atom. The maximum absolute atomic E-state index is 9.61. The van der Waals surface area contributed by atoms with Gasteiger partial charge in [0.1, 0.15) is 0 Å². The minimum atomic E-state index is 0.0155. The Hall–Kier alpha value is -0.0400. The summed E-state index contributed by atoms with van der Waals surface area (Å²) in [4.78, 5) is 0. The van der Waals surface area contributed by atoms with Crippen molar-refractivity contribution in [1.29, 1.82) is 0 Å². The molecule has 0 aromatic heterocycles. The molecule has 2 saturated carbocycles. The highest BCUT2D eigenvalue weighted by Gasteiger charge is 2.24. The Morgan fingerprint density at radius 1 is 0.739 bits per heavy atom. The predicted octanol–water partition coefficient (Wildman–Crippen LogP) is 6.73. The van der Waals surface area contributed by atoms with Gasteiger partial charge in [-0.05, 0) is 49.4 Å². The van der Waals surface area contributed by atoms with Crippen LogP contribution in [0.3, 0.4) is 0 Å². The van der Waals surface area contributed by atoms with Gasteiger partial charge >= 0.3 is 0 Å². The van der Waals surface area contributed by atoms with Crippen molar-refractivity contribution in [2.24, 2.45) is 23.7 Å². The van der Waals surface area contributed by atoms with Crippen LogP contribution in [0.5, 0.6) is 0 Å². The normalized spacial score (nSPS) is 33.5. The van der Waals surface area contributed by atoms with Crippen molar-refractivity contribution in [3.05, 3.63) is 0 Å². The summed E-state index contributed by atoms with van der Waals surface area (Å²) >= 11 is 0. The third kappa shape index (κ3) is 7.59. The first kappa shape index (κ1) is 19.3. The molecule has 0 amide bonds. The Labute approximate surface area is 145 Å². The highest BCUT2D eigenvalue weighted by molar-refractivity contribution is 4.76. The van der Waals surface area contributed by atoms with Gasteiger partial charge in [-0.25, -0.2) is 0 Å². The van der Waals surface area contributed by atoms with E-state index in [-0.39, 0.29) is 6.10 Å². The van der Waals surface area contributed by atoms with E-state index < -0.39 is 0 Å². The zero-order chi connectivity index (χ0) is 16.5. The van der Waals surface area contributed by atoms with E-state index in [4.69, 9.17) is 0 Å². The van der Waals surface area contributed by atoms with E-state index in [1.165, 1.54) is 83.5 Å². The Balaban J connectivity index is 1.50. The number of aliphatic hydroxyl groups excluding tert-OH is 1. The van der Waals surface area contributed by atoms with Crippen LogP contribution in [-0.2, 0) is 0 Å². The highest BCUT2D eigenvalue weighted by atomic mass is 16.3. The van der Waals surface area contributed by atoms with Crippen LogP contribution in [0.4, 0.5) is 0 Å². The van der Waals surface area contributed by atoms with Gasteiger partial charge in [-0.1, -0.05) is 84.5 Å². The van der Waals surface area contributed by atoms with Crippen molar-refractivity contribution in [3.63, 3.8) is 0 Å². The van der Waals surface area contributed by atoms with Gasteiger partial charge in [-0.15, -0.1) is 0 Å². The average molecular weight is 323 g/mol. The predicted molar refractivity (Wildman–Crippen MR) is 101 cm³/mol. The Morgan fingerprint density at radius 3 is 1.74 bits per heavy atom. The lowest BCUT2D eigenvalue weighted by molar-refractivity contribution is 0.103. The summed E-state index contributed by atoms with van der Waals surface area (Å²) in [6.07, 6.45) is 20.9. The first-order valence-corrected chi connectivity index (χ1v) is 10.8. The largest absolute Gasteiger partial charge is 0.393 e. The molecule has 1 heteroatoms. The standard InChI is InChI=1S/C22H42O/c1-3-5-18(2)6-4-7-19-8-10-20(11-9-19)12-13-21-14-16-22(23)17-15-21/h18-23H,3-17H2,1-2H3. The molecule has 0 heterocycles. The van der Waals surface area contributed by atoms with Crippen molar-refractivity contribution in [2.75, 3.05) is 0 Å². The van der Waals surface area contributed by atoms with E-state index in [0.717, 1.165) is 36.5 Å². The molecular weight excluding hydrogens is 280 g/mol. The second-order valence-electron chi connectivity index (χ2n) is 8.96. The molecule has 0 saturated heterocycles. The fraction of sp³-hybridized carbons (Fsp3) is 1.00. The second-order valence-corrected chi connectivity index (χ2v) is 8.96. The number of hydrogen-bond acceptors (Lipinski definition) is 1. The van der Waals surface area contributed by atoms with Crippen LogP contribution in [-0.4, -0.2) is 11.2 Å². The summed E-state index contributed by atoms with van der Waals surface area (Å²) in [6.45, 7) is 4.75. The molecule has 1 nitrogen and oxygen atoms in total. The zero-order valence-electron chi connectivity index (χ0n) is 15.9. The fourth-order valence-corrected chi connectivity index (χ4v) is 5.11. The van der Waals surface area contributed by atoms with Crippen molar-refractivity contribution in [2.45, 2.75) is 116 Å². The molecular formula is C22H42O. The number of hydrogen-bond donors (Lipinski definition) is 1. The summed E-state index contributed by atoms with van der Waals surface area (Å²) < 4.78 is 0. The molecule has 0 aromatic rings. The number of aliphatic hydroxyl groups is 1. The van der Waals surface area contributed by atoms with Crippen LogP contribution >= 0.6 is 0 Å². The van der Waals surface area contributed by atoms with Crippen molar-refractivity contribution in [3.8, 4) is 0 Å². The lowest BCUT2D eigenvalue weighted by Crippen LogP contribution is -2.20. The van der Waals surface area contributed by atoms with Gasteiger partial charge in [-0.2, -0.15) is 0 Å². The molecule has 136 valence electrons. The minimum absolute atomic E-state index is 0.0155. The van der Waals surface area contributed by atoms with Crippen LogP contribution < -0.4 is 0 Å². The maximum atomic E-state index is 9.61. The SMILES string of the molecule is CCCC(C)CCCC1CCC(CCC2CCC(O)CC2)CC1. The monoisotopic (exact) mass is 322 g/mol. The van der Waals surface area contributed by atoms with E-state index in [9.17, 15) is 5.11 Å². The molecule has 2 aliphatic rings. The van der Waals surface area contributed by atoms with Crippen LogP contribution in [0.25, 0.3) is 0 Å². The molecule has 0 spiro atoms. The molecule has 2 aliphatic carbocycles. The summed E-state index contributed by atoms with van der Waals surface area (Å²) in [5.41, 5.74) is 0. The van der Waals surface area contributed by atoms with Crippen molar-refractivity contribution in [1.82, 2.24) is 0 Å². The molecule has 1 unspecified atom stereocenters. The quantitative estimate of drug-likeness (QED) is 0.499. The Kier molecular flexibility index (Phi) is 9.01. The first-order chi connectivity index (χ1) is 11.2. The van der Waals surface area contributed by atoms with Gasteiger partial charge in [0.25, 0.3) is 0 Å². The summed E-state index contributed by atoms with van der Waals surface area (Å²) in [7, 11) is 0. The minimum Gasteiger partial charge on any atom is -0.393 e. The van der Waals surface area contributed by atoms with Gasteiger partial charge in [0.05, 0.1) is 6.10 Å². The lowest BCUT2D eigenvalue weighted by Gasteiger charge is -2.31. The van der Waals surface area contributed by atoms with Crippen LogP contribution in [0.1, 0.15) is 110 Å². The molecule has 0 radical (unpaired) electrons. The highest BCUT2D eigenvalue weighted by Crippen LogP contribution is 2.37. The van der Waals surface area contributed by atoms with Gasteiger partial charge in [0.15, 0.2) is 0 Å². The Bertz CT molecular complexity index is 284. The van der Waals surface area contributed by atoms with Crippen LogP contribution in [0.15, 0.2) is 0 Å². The molecule has 0 aromatic carbocycles. The molecule has 2 fully saturated rings. The average Bonchev–Trinajstić information content (AvgIpc) is 2.56. The molecule has 23 heavy (non-hydrogen) atoms. The first-order valence-electron chi connectivity index (χ1n) is 10.8. The van der Waals surface area contributed by atoms with Gasteiger partial charge in [0, 0.05) is 0 Å². The zero-order valence-corrected chi connectivity index (χ0v) is 15.9. The third-order valence-corrected chi connectivity index (χ3v) is 6.86. The molecule has 1 atom stereocenters. The van der Waals surface area contributed by atoms with Crippen molar-refractivity contribution < 1.29 is 5.11 Å².